The zero-order valence-corrected chi connectivity index (χ0v) is 12.3. The van der Waals surface area contributed by atoms with Gasteiger partial charge in [-0.3, -0.25) is 0 Å². The summed E-state index contributed by atoms with van der Waals surface area (Å²) in [4.78, 5) is 5.84. The lowest BCUT2D eigenvalue weighted by Gasteiger charge is -2.07. The molecule has 0 fully saturated rings. The van der Waals surface area contributed by atoms with Crippen LogP contribution in [0.4, 0.5) is 0 Å². The van der Waals surface area contributed by atoms with E-state index in [-0.39, 0.29) is 0 Å². The molecule has 0 saturated carbocycles. The Balaban J connectivity index is 1.81. The van der Waals surface area contributed by atoms with Crippen LogP contribution in [0.25, 0.3) is 0 Å². The van der Waals surface area contributed by atoms with E-state index in [4.69, 9.17) is 19.9 Å². The summed E-state index contributed by atoms with van der Waals surface area (Å²) in [7, 11) is 0. The largest absolute Gasteiger partial charge is 0.487 e. The van der Waals surface area contributed by atoms with Gasteiger partial charge < -0.3 is 19.9 Å². The molecule has 0 bridgehead atoms. The molecule has 120 valence electrons. The molecule has 4 N–H and O–H groups in total. The quantitative estimate of drug-likeness (QED) is 0.324. The first kappa shape index (κ1) is 16.2. The molecule has 2 rings (SSSR count). The summed E-state index contributed by atoms with van der Waals surface area (Å²) in [6.45, 7) is 0.869. The number of nitrogens with one attached hydrogen (secondary N) is 2. The van der Waals surface area contributed by atoms with Crippen LogP contribution < -0.4 is 19.4 Å². The Morgan fingerprint density at radius 2 is 1.35 bits per heavy atom. The van der Waals surface area contributed by atoms with Crippen LogP contribution in [-0.4, -0.2) is 36.1 Å². The normalized spacial score (nSPS) is 11.1. The predicted octanol–water partition coefficient (Wildman–Crippen LogP) is 0.779. The molecule has 23 heavy (non-hydrogen) atoms. The molecule has 0 aromatic carbocycles. The van der Waals surface area contributed by atoms with Gasteiger partial charge in [-0.15, -0.1) is 0 Å². The number of H-pyrrole nitrogens is 2. The van der Waals surface area contributed by atoms with Crippen molar-refractivity contribution < 1.29 is 29.9 Å². The van der Waals surface area contributed by atoms with Gasteiger partial charge in [0.25, 0.3) is 11.4 Å². The lowest BCUT2D eigenvalue weighted by atomic mass is 10.3. The first-order chi connectivity index (χ1) is 11.3. The zero-order valence-electron chi connectivity index (χ0n) is 12.3. The fraction of sp³-hybridized carbons (Fsp3) is 0.200. The van der Waals surface area contributed by atoms with E-state index in [0.717, 1.165) is 0 Å². The Hall–Kier alpha value is -3.16. The van der Waals surface area contributed by atoms with E-state index in [1.165, 1.54) is 12.4 Å². The number of aromatic amines is 2. The van der Waals surface area contributed by atoms with Crippen molar-refractivity contribution in [2.24, 2.45) is 10.3 Å². The van der Waals surface area contributed by atoms with E-state index in [9.17, 15) is 0 Å². The number of pyridine rings is 2. The molecule has 8 nitrogen and oxygen atoms in total. The highest BCUT2D eigenvalue weighted by Crippen LogP contribution is 2.13. The maximum atomic E-state index is 8.59. The maximum absolute atomic E-state index is 8.59. The third-order valence-corrected chi connectivity index (χ3v) is 2.87. The van der Waals surface area contributed by atoms with E-state index < -0.39 is 0 Å². The molecule has 0 aliphatic rings. The fourth-order valence-corrected chi connectivity index (χ4v) is 1.86. The van der Waals surface area contributed by atoms with Crippen LogP contribution in [0, 0.1) is 0 Å². The van der Waals surface area contributed by atoms with E-state index in [0.29, 0.717) is 42.5 Å². The summed E-state index contributed by atoms with van der Waals surface area (Å²) in [5.74, 6) is 1.18. The number of nitrogens with zero attached hydrogens (tertiary/aromatic N) is 2. The van der Waals surface area contributed by atoms with Crippen molar-refractivity contribution in [2.45, 2.75) is 6.42 Å². The van der Waals surface area contributed by atoms with E-state index in [2.05, 4.69) is 20.3 Å². The Morgan fingerprint density at radius 1 is 0.870 bits per heavy atom. The Bertz CT molecular complexity index is 619. The van der Waals surface area contributed by atoms with Crippen LogP contribution in [0.1, 0.15) is 17.8 Å². The van der Waals surface area contributed by atoms with Gasteiger partial charge >= 0.3 is 0 Å². The second-order valence-corrected chi connectivity index (χ2v) is 4.44. The molecular weight excluding hydrogens is 300 g/mol. The van der Waals surface area contributed by atoms with Gasteiger partial charge in [-0.2, -0.15) is 0 Å². The third-order valence-electron chi connectivity index (χ3n) is 2.87. The summed E-state index contributed by atoms with van der Waals surface area (Å²) in [6, 6.07) is 7.13. The molecule has 0 saturated heterocycles. The second-order valence-electron chi connectivity index (χ2n) is 4.44. The van der Waals surface area contributed by atoms with Crippen molar-refractivity contribution in [1.29, 1.82) is 0 Å². The van der Waals surface area contributed by atoms with Gasteiger partial charge in [0, 0.05) is 18.6 Å². The molecule has 0 atom stereocenters. The molecule has 8 heteroatoms. The van der Waals surface area contributed by atoms with Gasteiger partial charge in [0.1, 0.15) is 12.4 Å². The fourth-order valence-electron chi connectivity index (χ4n) is 1.86. The van der Waals surface area contributed by atoms with Crippen LogP contribution >= 0.6 is 0 Å². The molecule has 2 aromatic heterocycles. The summed E-state index contributed by atoms with van der Waals surface area (Å²) < 4.78 is 11.2. The average Bonchev–Trinajstić information content (AvgIpc) is 2.58. The summed E-state index contributed by atoms with van der Waals surface area (Å²) in [6.07, 6.45) is 6.61. The number of rotatable bonds is 8. The monoisotopic (exact) mass is 318 g/mol. The van der Waals surface area contributed by atoms with Gasteiger partial charge in [-0.05, 0) is 12.1 Å². The highest BCUT2D eigenvalue weighted by molar-refractivity contribution is 5.78. The van der Waals surface area contributed by atoms with Gasteiger partial charge in [0.2, 0.25) is 0 Å². The standard InChI is InChI=1S/C15H16N4O4/c20-18-10-12-14(4-1-6-16-12)22-8-3-9-23-15-5-2-7-17-13(15)11-19-21/h1-2,4-7,10-11,20-21H,3,8-9H2/p+2/b18-10-,19-11-. The lowest BCUT2D eigenvalue weighted by molar-refractivity contribution is -0.380. The highest BCUT2D eigenvalue weighted by atomic mass is 16.5. The number of ether oxygens (including phenoxy) is 2. The molecular formula is C15H18N4O4+2. The van der Waals surface area contributed by atoms with Crippen molar-refractivity contribution in [2.75, 3.05) is 13.2 Å². The molecule has 2 heterocycles. The van der Waals surface area contributed by atoms with Crippen LogP contribution in [-0.2, 0) is 0 Å². The molecule has 0 amide bonds. The smallest absolute Gasteiger partial charge is 0.267 e. The van der Waals surface area contributed by atoms with Crippen molar-refractivity contribution >= 4 is 12.4 Å². The van der Waals surface area contributed by atoms with Gasteiger partial charge in [0.05, 0.1) is 13.2 Å². The molecule has 0 radical (unpaired) electrons. The number of oxime groups is 2. The first-order valence-electron chi connectivity index (χ1n) is 6.97. The topological polar surface area (TPSA) is 112 Å². The number of hydrogen-bond donors (Lipinski definition) is 2. The lowest BCUT2D eigenvalue weighted by Crippen LogP contribution is -2.15. The molecule has 0 unspecified atom stereocenters. The van der Waals surface area contributed by atoms with E-state index in [1.807, 2.05) is 0 Å². The average molecular weight is 318 g/mol. The molecule has 0 spiro atoms. The molecule has 2 aromatic rings. The summed E-state index contributed by atoms with van der Waals surface area (Å²) in [5.41, 5.74) is 1.16. The third kappa shape index (κ3) is 4.95. The minimum Gasteiger partial charge on any atom is -0.487 e. The molecule has 0 aliphatic carbocycles. The van der Waals surface area contributed by atoms with Crippen LogP contribution in [0.2, 0.25) is 0 Å². The van der Waals surface area contributed by atoms with Crippen molar-refractivity contribution in [1.82, 2.24) is 0 Å². The van der Waals surface area contributed by atoms with E-state index in [1.54, 1.807) is 36.7 Å². The first-order valence-corrected chi connectivity index (χ1v) is 6.97. The Kier molecular flexibility index (Phi) is 6.33. The Labute approximate surface area is 132 Å². The predicted molar refractivity (Wildman–Crippen MR) is 80.4 cm³/mol. The van der Waals surface area contributed by atoms with Crippen molar-refractivity contribution in [3.05, 3.63) is 48.0 Å². The number of hydrogen-bond acceptors (Lipinski definition) is 6. The maximum Gasteiger partial charge on any atom is 0.267 e. The minimum absolute atomic E-state index is 0.435. The second kappa shape index (κ2) is 8.98. The Morgan fingerprint density at radius 3 is 1.78 bits per heavy atom. The van der Waals surface area contributed by atoms with Gasteiger partial charge in [-0.25, -0.2) is 9.97 Å². The highest BCUT2D eigenvalue weighted by Gasteiger charge is 2.09. The van der Waals surface area contributed by atoms with Crippen LogP contribution in [0.5, 0.6) is 11.5 Å². The number of aromatic nitrogens is 2. The van der Waals surface area contributed by atoms with E-state index >= 15 is 0 Å². The van der Waals surface area contributed by atoms with Crippen LogP contribution in [0.3, 0.4) is 0 Å². The van der Waals surface area contributed by atoms with Gasteiger partial charge in [0.15, 0.2) is 23.9 Å². The summed E-state index contributed by atoms with van der Waals surface area (Å²) in [5, 5.41) is 23.1. The van der Waals surface area contributed by atoms with Crippen molar-refractivity contribution in [3.63, 3.8) is 0 Å². The SMILES string of the molecule is O/N=C\c1[nH+]cccc1OCCCOc1ccc[nH+]c1/C=N\O. The molecule has 0 aliphatic heterocycles. The summed E-state index contributed by atoms with van der Waals surface area (Å²) >= 11 is 0. The minimum atomic E-state index is 0.435. The van der Waals surface area contributed by atoms with Crippen LogP contribution in [0.15, 0.2) is 47.0 Å². The van der Waals surface area contributed by atoms with Crippen molar-refractivity contribution in [3.8, 4) is 11.5 Å². The van der Waals surface area contributed by atoms with Gasteiger partial charge in [-0.1, -0.05) is 10.3 Å². The zero-order chi connectivity index (χ0) is 16.3.